The first-order valence-corrected chi connectivity index (χ1v) is 9.40. The van der Waals surface area contributed by atoms with Crippen molar-refractivity contribution in [1.29, 1.82) is 0 Å². The molecular weight excluding hydrogens is 372 g/mol. The zero-order valence-electron chi connectivity index (χ0n) is 15.7. The van der Waals surface area contributed by atoms with Gasteiger partial charge in [-0.15, -0.1) is 0 Å². The average Bonchev–Trinajstić information content (AvgIpc) is 2.99. The summed E-state index contributed by atoms with van der Waals surface area (Å²) in [6, 6.07) is 18.8. The molecular formula is C24H19ClO3. The molecule has 1 aliphatic rings. The summed E-state index contributed by atoms with van der Waals surface area (Å²) in [7, 11) is 0. The van der Waals surface area contributed by atoms with Gasteiger partial charge < -0.3 is 9.47 Å². The lowest BCUT2D eigenvalue weighted by molar-refractivity contribution is 0.101. The number of hydrogen-bond acceptors (Lipinski definition) is 3. The minimum atomic E-state index is -0.133. The Kier molecular flexibility index (Phi) is 4.93. The molecule has 4 heteroatoms. The van der Waals surface area contributed by atoms with Crippen LogP contribution < -0.4 is 9.47 Å². The molecule has 3 aromatic rings. The Hall–Kier alpha value is -3.04. The van der Waals surface area contributed by atoms with Gasteiger partial charge in [0.05, 0.1) is 5.56 Å². The number of rotatable bonds is 4. The lowest BCUT2D eigenvalue weighted by Crippen LogP contribution is -1.99. The molecule has 1 aliphatic heterocycles. The zero-order valence-corrected chi connectivity index (χ0v) is 16.4. The SMILES string of the molecule is Cc1ccc(C)c(COc2ccc3c(c2)O/C(=C\c2ccc(Cl)cc2)C3=O)c1. The maximum Gasteiger partial charge on any atom is 0.231 e. The van der Waals surface area contributed by atoms with Crippen molar-refractivity contribution in [3.8, 4) is 11.5 Å². The third-order valence-electron chi connectivity index (χ3n) is 4.71. The van der Waals surface area contributed by atoms with Crippen molar-refractivity contribution in [2.24, 2.45) is 0 Å². The number of fused-ring (bicyclic) bond motifs is 1. The van der Waals surface area contributed by atoms with E-state index in [9.17, 15) is 4.79 Å². The zero-order chi connectivity index (χ0) is 19.7. The van der Waals surface area contributed by atoms with Crippen LogP contribution in [0.25, 0.3) is 6.08 Å². The van der Waals surface area contributed by atoms with Crippen LogP contribution in [0, 0.1) is 13.8 Å². The number of Topliss-reactive ketones (excluding diaryl/α,β-unsaturated/α-hetero) is 1. The molecule has 0 saturated heterocycles. The molecule has 0 radical (unpaired) electrons. The molecule has 0 bridgehead atoms. The highest BCUT2D eigenvalue weighted by Crippen LogP contribution is 2.35. The lowest BCUT2D eigenvalue weighted by atomic mass is 10.1. The molecule has 0 amide bonds. The van der Waals surface area contributed by atoms with Crippen LogP contribution in [0.3, 0.4) is 0 Å². The molecule has 3 nitrogen and oxygen atoms in total. The normalized spacial score (nSPS) is 14.1. The van der Waals surface area contributed by atoms with Crippen LogP contribution in [-0.4, -0.2) is 5.78 Å². The molecule has 0 atom stereocenters. The van der Waals surface area contributed by atoms with Crippen LogP contribution in [0.5, 0.6) is 11.5 Å². The second-order valence-corrected chi connectivity index (χ2v) is 7.30. The van der Waals surface area contributed by atoms with Crippen molar-refractivity contribution < 1.29 is 14.3 Å². The third-order valence-corrected chi connectivity index (χ3v) is 4.96. The van der Waals surface area contributed by atoms with Gasteiger partial charge in [0.25, 0.3) is 0 Å². The Morgan fingerprint density at radius 3 is 2.57 bits per heavy atom. The smallest absolute Gasteiger partial charge is 0.231 e. The van der Waals surface area contributed by atoms with Gasteiger partial charge in [-0.1, -0.05) is 47.5 Å². The number of benzene rings is 3. The van der Waals surface area contributed by atoms with Crippen LogP contribution >= 0.6 is 11.6 Å². The summed E-state index contributed by atoms with van der Waals surface area (Å²) in [4.78, 5) is 12.6. The number of ketones is 1. The van der Waals surface area contributed by atoms with Crippen molar-refractivity contribution in [2.45, 2.75) is 20.5 Å². The van der Waals surface area contributed by atoms with E-state index >= 15 is 0 Å². The van der Waals surface area contributed by atoms with Crippen molar-refractivity contribution in [3.05, 3.63) is 99.3 Å². The molecule has 140 valence electrons. The van der Waals surface area contributed by atoms with Gasteiger partial charge in [0.1, 0.15) is 18.1 Å². The van der Waals surface area contributed by atoms with Crippen LogP contribution in [0.4, 0.5) is 0 Å². The van der Waals surface area contributed by atoms with Gasteiger partial charge in [-0.25, -0.2) is 0 Å². The summed E-state index contributed by atoms with van der Waals surface area (Å²) in [5, 5.41) is 0.648. The maximum atomic E-state index is 12.6. The van der Waals surface area contributed by atoms with Gasteiger partial charge in [0, 0.05) is 11.1 Å². The first kappa shape index (κ1) is 18.3. The summed E-state index contributed by atoms with van der Waals surface area (Å²) in [6.07, 6.45) is 1.72. The van der Waals surface area contributed by atoms with Crippen LogP contribution in [0.2, 0.25) is 5.02 Å². The lowest BCUT2D eigenvalue weighted by Gasteiger charge is -2.10. The number of aryl methyl sites for hydroxylation is 2. The highest BCUT2D eigenvalue weighted by Gasteiger charge is 2.27. The van der Waals surface area contributed by atoms with Gasteiger partial charge in [-0.3, -0.25) is 4.79 Å². The highest BCUT2D eigenvalue weighted by atomic mass is 35.5. The Labute approximate surface area is 169 Å². The van der Waals surface area contributed by atoms with Crippen molar-refractivity contribution in [1.82, 2.24) is 0 Å². The molecule has 0 aromatic heterocycles. The largest absolute Gasteiger partial charge is 0.489 e. The molecule has 3 aromatic carbocycles. The van der Waals surface area contributed by atoms with E-state index in [-0.39, 0.29) is 5.78 Å². The third kappa shape index (κ3) is 3.80. The van der Waals surface area contributed by atoms with Crippen molar-refractivity contribution >= 4 is 23.5 Å². The molecule has 0 saturated carbocycles. The second-order valence-electron chi connectivity index (χ2n) is 6.87. The Balaban J connectivity index is 1.52. The van der Waals surface area contributed by atoms with Gasteiger partial charge in [0.15, 0.2) is 5.76 Å². The van der Waals surface area contributed by atoms with E-state index < -0.39 is 0 Å². The monoisotopic (exact) mass is 390 g/mol. The first-order valence-electron chi connectivity index (χ1n) is 9.02. The molecule has 1 heterocycles. The van der Waals surface area contributed by atoms with Crippen molar-refractivity contribution in [2.75, 3.05) is 0 Å². The second kappa shape index (κ2) is 7.53. The maximum absolute atomic E-state index is 12.6. The van der Waals surface area contributed by atoms with Gasteiger partial charge in [-0.05, 0) is 60.9 Å². The Morgan fingerprint density at radius 2 is 1.79 bits per heavy atom. The minimum Gasteiger partial charge on any atom is -0.489 e. The fraction of sp³-hybridized carbons (Fsp3) is 0.125. The van der Waals surface area contributed by atoms with E-state index in [1.54, 1.807) is 36.4 Å². The highest BCUT2D eigenvalue weighted by molar-refractivity contribution is 6.30. The fourth-order valence-corrected chi connectivity index (χ4v) is 3.21. The molecule has 0 fully saturated rings. The minimum absolute atomic E-state index is 0.133. The quantitative estimate of drug-likeness (QED) is 0.501. The average molecular weight is 391 g/mol. The number of hydrogen-bond donors (Lipinski definition) is 0. The summed E-state index contributed by atoms with van der Waals surface area (Å²) < 4.78 is 11.7. The number of ether oxygens (including phenoxy) is 2. The summed E-state index contributed by atoms with van der Waals surface area (Å²) in [5.74, 6) is 1.35. The molecule has 4 rings (SSSR count). The standard InChI is InChI=1S/C24H19ClO3/c1-15-3-4-16(2)18(11-15)14-27-20-9-10-21-22(13-20)28-23(24(21)26)12-17-5-7-19(25)8-6-17/h3-13H,14H2,1-2H3/b23-12-. The summed E-state index contributed by atoms with van der Waals surface area (Å²) in [6.45, 7) is 4.59. The Morgan fingerprint density at radius 1 is 1.00 bits per heavy atom. The molecule has 0 N–H and O–H groups in total. The van der Waals surface area contributed by atoms with Crippen LogP contribution in [0.1, 0.15) is 32.6 Å². The van der Waals surface area contributed by atoms with Gasteiger partial charge >= 0.3 is 0 Å². The molecule has 0 unspecified atom stereocenters. The predicted octanol–water partition coefficient (Wildman–Crippen LogP) is 6.15. The molecule has 28 heavy (non-hydrogen) atoms. The topological polar surface area (TPSA) is 35.5 Å². The van der Waals surface area contributed by atoms with Crippen LogP contribution in [0.15, 0.2) is 66.4 Å². The van der Waals surface area contributed by atoms with E-state index in [0.29, 0.717) is 34.5 Å². The van der Waals surface area contributed by atoms with Crippen molar-refractivity contribution in [3.63, 3.8) is 0 Å². The number of carbonyl (C=O) groups is 1. The predicted molar refractivity (Wildman–Crippen MR) is 111 cm³/mol. The van der Waals surface area contributed by atoms with E-state index in [4.69, 9.17) is 21.1 Å². The summed E-state index contributed by atoms with van der Waals surface area (Å²) in [5.41, 5.74) is 4.92. The van der Waals surface area contributed by atoms with E-state index in [1.165, 1.54) is 11.1 Å². The van der Waals surface area contributed by atoms with E-state index in [0.717, 1.165) is 11.1 Å². The van der Waals surface area contributed by atoms with E-state index in [2.05, 4.69) is 32.0 Å². The first-order chi connectivity index (χ1) is 13.5. The number of halogens is 1. The number of carbonyl (C=O) groups excluding carboxylic acids is 1. The fourth-order valence-electron chi connectivity index (χ4n) is 3.08. The molecule has 0 aliphatic carbocycles. The van der Waals surface area contributed by atoms with Gasteiger partial charge in [-0.2, -0.15) is 0 Å². The van der Waals surface area contributed by atoms with Crippen LogP contribution in [-0.2, 0) is 6.61 Å². The number of allylic oxidation sites excluding steroid dienone is 1. The summed E-state index contributed by atoms with van der Waals surface area (Å²) >= 11 is 5.91. The van der Waals surface area contributed by atoms with E-state index in [1.807, 2.05) is 12.1 Å². The molecule has 0 spiro atoms. The Bertz CT molecular complexity index is 1080. The van der Waals surface area contributed by atoms with Gasteiger partial charge in [0.2, 0.25) is 5.78 Å².